The monoisotopic (exact) mass is 416 g/mol. The van der Waals surface area contributed by atoms with Crippen LogP contribution in [0.5, 0.6) is 0 Å². The Labute approximate surface area is 184 Å². The summed E-state index contributed by atoms with van der Waals surface area (Å²) in [7, 11) is 0. The Kier molecular flexibility index (Phi) is 14.8. The molecule has 0 aromatic rings. The molecule has 4 heteroatoms. The Bertz CT molecular complexity index is 559. The van der Waals surface area contributed by atoms with Crippen LogP contribution in [0.4, 0.5) is 0 Å². The first-order valence-electron chi connectivity index (χ1n) is 12.1. The normalized spacial score (nSPS) is 14.4. The quantitative estimate of drug-likeness (QED) is 0.230. The highest BCUT2D eigenvalue weighted by Crippen LogP contribution is 2.18. The molecule has 0 aromatic heterocycles. The van der Waals surface area contributed by atoms with Crippen LogP contribution >= 0.6 is 0 Å². The molecule has 0 unspecified atom stereocenters. The third kappa shape index (κ3) is 14.2. The van der Waals surface area contributed by atoms with Crippen molar-refractivity contribution < 1.29 is 9.59 Å². The second-order valence-corrected chi connectivity index (χ2v) is 8.57. The van der Waals surface area contributed by atoms with E-state index in [1.807, 2.05) is 4.90 Å². The van der Waals surface area contributed by atoms with Crippen LogP contribution < -0.4 is 5.32 Å². The van der Waals surface area contributed by atoms with Gasteiger partial charge < -0.3 is 10.2 Å². The molecule has 30 heavy (non-hydrogen) atoms. The number of hydrogen-bond donors (Lipinski definition) is 1. The van der Waals surface area contributed by atoms with Crippen LogP contribution in [0.25, 0.3) is 0 Å². The van der Waals surface area contributed by atoms with Crippen LogP contribution in [0.15, 0.2) is 36.5 Å². The van der Waals surface area contributed by atoms with Crippen molar-refractivity contribution in [1.29, 1.82) is 0 Å². The van der Waals surface area contributed by atoms with E-state index in [0.29, 0.717) is 25.4 Å². The molecule has 0 spiro atoms. The number of rotatable bonds is 17. The highest BCUT2D eigenvalue weighted by molar-refractivity contribution is 5.76. The second kappa shape index (κ2) is 16.9. The molecular weight excluding hydrogens is 372 g/mol. The fourth-order valence-electron chi connectivity index (χ4n) is 3.20. The molecule has 0 saturated heterocycles. The second-order valence-electron chi connectivity index (χ2n) is 8.57. The SMILES string of the molecule is CCCCCCC(=O)N(CC=CCC=CCC=CCCCC(=O)NC1CC1)C(C)C. The lowest BCUT2D eigenvalue weighted by atomic mass is 10.1. The van der Waals surface area contributed by atoms with Crippen molar-refractivity contribution in [3.05, 3.63) is 36.5 Å². The molecule has 1 rings (SSSR count). The number of nitrogens with zero attached hydrogens (tertiary/aromatic N) is 1. The molecule has 1 fully saturated rings. The fourth-order valence-corrected chi connectivity index (χ4v) is 3.20. The van der Waals surface area contributed by atoms with E-state index >= 15 is 0 Å². The lowest BCUT2D eigenvalue weighted by Gasteiger charge is -2.25. The van der Waals surface area contributed by atoms with Crippen LogP contribution in [0.1, 0.15) is 97.8 Å². The highest BCUT2D eigenvalue weighted by atomic mass is 16.2. The molecule has 0 heterocycles. The summed E-state index contributed by atoms with van der Waals surface area (Å²) in [5.74, 6) is 0.475. The van der Waals surface area contributed by atoms with Gasteiger partial charge in [0.2, 0.25) is 11.8 Å². The van der Waals surface area contributed by atoms with E-state index in [2.05, 4.69) is 62.5 Å². The van der Waals surface area contributed by atoms with Crippen LogP contribution in [0, 0.1) is 0 Å². The van der Waals surface area contributed by atoms with Crippen molar-refractivity contribution in [1.82, 2.24) is 10.2 Å². The molecule has 1 saturated carbocycles. The largest absolute Gasteiger partial charge is 0.353 e. The minimum atomic E-state index is 0.201. The summed E-state index contributed by atoms with van der Waals surface area (Å²) in [5, 5.41) is 3.02. The molecule has 0 radical (unpaired) electrons. The van der Waals surface area contributed by atoms with Gasteiger partial charge >= 0.3 is 0 Å². The van der Waals surface area contributed by atoms with E-state index in [0.717, 1.165) is 51.4 Å². The minimum Gasteiger partial charge on any atom is -0.353 e. The molecule has 1 N–H and O–H groups in total. The summed E-state index contributed by atoms with van der Waals surface area (Å²) in [6.45, 7) is 7.07. The molecule has 1 aliphatic carbocycles. The summed E-state index contributed by atoms with van der Waals surface area (Å²) in [5.41, 5.74) is 0. The van der Waals surface area contributed by atoms with E-state index in [1.165, 1.54) is 12.8 Å². The zero-order valence-electron chi connectivity index (χ0n) is 19.6. The van der Waals surface area contributed by atoms with Gasteiger partial charge in [0, 0.05) is 31.5 Å². The molecule has 0 bridgehead atoms. The maximum atomic E-state index is 12.4. The molecule has 0 atom stereocenters. The van der Waals surface area contributed by atoms with Crippen molar-refractivity contribution in [2.45, 2.75) is 110 Å². The molecular formula is C26H44N2O2. The van der Waals surface area contributed by atoms with E-state index < -0.39 is 0 Å². The van der Waals surface area contributed by atoms with Gasteiger partial charge in [0.15, 0.2) is 0 Å². The number of carbonyl (C=O) groups is 2. The van der Waals surface area contributed by atoms with Gasteiger partial charge in [0.25, 0.3) is 0 Å². The van der Waals surface area contributed by atoms with Crippen molar-refractivity contribution >= 4 is 11.8 Å². The Hall–Kier alpha value is -1.84. The van der Waals surface area contributed by atoms with E-state index in [1.54, 1.807) is 0 Å². The van der Waals surface area contributed by atoms with Crippen LogP contribution in [-0.2, 0) is 9.59 Å². The van der Waals surface area contributed by atoms with Gasteiger partial charge in [0.1, 0.15) is 0 Å². The summed E-state index contributed by atoms with van der Waals surface area (Å²) < 4.78 is 0. The van der Waals surface area contributed by atoms with Gasteiger partial charge in [-0.3, -0.25) is 9.59 Å². The van der Waals surface area contributed by atoms with Gasteiger partial charge in [-0.1, -0.05) is 62.6 Å². The smallest absolute Gasteiger partial charge is 0.223 e. The van der Waals surface area contributed by atoms with Gasteiger partial charge in [-0.2, -0.15) is 0 Å². The van der Waals surface area contributed by atoms with Crippen molar-refractivity contribution in [2.24, 2.45) is 0 Å². The number of unbranched alkanes of at least 4 members (excludes halogenated alkanes) is 4. The van der Waals surface area contributed by atoms with Gasteiger partial charge in [-0.05, 0) is 58.8 Å². The summed E-state index contributed by atoms with van der Waals surface area (Å²) >= 11 is 0. The van der Waals surface area contributed by atoms with Crippen molar-refractivity contribution in [3.63, 3.8) is 0 Å². The average molecular weight is 417 g/mol. The van der Waals surface area contributed by atoms with Crippen molar-refractivity contribution in [2.75, 3.05) is 6.54 Å². The number of carbonyl (C=O) groups excluding carboxylic acids is 2. The molecule has 4 nitrogen and oxygen atoms in total. The Morgan fingerprint density at radius 2 is 1.57 bits per heavy atom. The zero-order chi connectivity index (χ0) is 22.0. The van der Waals surface area contributed by atoms with Crippen LogP contribution in [-0.4, -0.2) is 35.3 Å². The first-order valence-corrected chi connectivity index (χ1v) is 12.1. The summed E-state index contributed by atoms with van der Waals surface area (Å²) in [6.07, 6.45) is 24.8. The first kappa shape index (κ1) is 26.2. The summed E-state index contributed by atoms with van der Waals surface area (Å²) in [4.78, 5) is 25.9. The third-order valence-electron chi connectivity index (χ3n) is 5.25. The zero-order valence-corrected chi connectivity index (χ0v) is 19.6. The van der Waals surface area contributed by atoms with Crippen molar-refractivity contribution in [3.8, 4) is 0 Å². The minimum absolute atomic E-state index is 0.201. The van der Waals surface area contributed by atoms with Crippen LogP contribution in [0.2, 0.25) is 0 Å². The predicted molar refractivity (Wildman–Crippen MR) is 127 cm³/mol. The lowest BCUT2D eigenvalue weighted by Crippen LogP contribution is -2.36. The van der Waals surface area contributed by atoms with E-state index in [4.69, 9.17) is 0 Å². The fraction of sp³-hybridized carbons (Fsp3) is 0.692. The molecule has 2 amide bonds. The Morgan fingerprint density at radius 3 is 2.20 bits per heavy atom. The first-order chi connectivity index (χ1) is 14.5. The van der Waals surface area contributed by atoms with Gasteiger partial charge in [-0.25, -0.2) is 0 Å². The van der Waals surface area contributed by atoms with E-state index in [-0.39, 0.29) is 17.9 Å². The maximum absolute atomic E-state index is 12.4. The lowest BCUT2D eigenvalue weighted by molar-refractivity contribution is -0.132. The van der Waals surface area contributed by atoms with Crippen LogP contribution in [0.3, 0.4) is 0 Å². The Morgan fingerprint density at radius 1 is 0.900 bits per heavy atom. The highest BCUT2D eigenvalue weighted by Gasteiger charge is 2.22. The van der Waals surface area contributed by atoms with E-state index in [9.17, 15) is 9.59 Å². The maximum Gasteiger partial charge on any atom is 0.223 e. The predicted octanol–water partition coefficient (Wildman–Crippen LogP) is 6.09. The number of allylic oxidation sites excluding steroid dienone is 5. The molecule has 0 aliphatic heterocycles. The molecule has 0 aromatic carbocycles. The Balaban J connectivity index is 2.08. The standard InChI is InChI=1S/C26H44N2O2/c1-4-5-6-16-19-26(30)28(23(2)3)22-17-14-12-10-8-7-9-11-13-15-18-25(29)27-24-20-21-24/h8-11,14,17,23-24H,4-7,12-13,15-16,18-22H2,1-3H3,(H,27,29). The molecule has 170 valence electrons. The topological polar surface area (TPSA) is 49.4 Å². The number of hydrogen-bond acceptors (Lipinski definition) is 2. The number of amides is 2. The molecule has 1 aliphatic rings. The number of nitrogens with one attached hydrogen (secondary N) is 1. The van der Waals surface area contributed by atoms with Gasteiger partial charge in [-0.15, -0.1) is 0 Å². The third-order valence-corrected chi connectivity index (χ3v) is 5.25. The van der Waals surface area contributed by atoms with Gasteiger partial charge in [0.05, 0.1) is 0 Å². The average Bonchev–Trinajstić information content (AvgIpc) is 3.52. The summed E-state index contributed by atoms with van der Waals surface area (Å²) in [6, 6.07) is 0.713.